The van der Waals surface area contributed by atoms with Crippen LogP contribution in [0, 0.1) is 0 Å². The van der Waals surface area contributed by atoms with E-state index in [0.717, 1.165) is 0 Å². The summed E-state index contributed by atoms with van der Waals surface area (Å²) < 4.78 is 16.5. The monoisotopic (exact) mass is 222 g/mol. The molecule has 0 spiro atoms. The van der Waals surface area contributed by atoms with Crippen molar-refractivity contribution >= 4 is 11.9 Å². The lowest BCUT2D eigenvalue weighted by atomic mass is 10.1. The summed E-state index contributed by atoms with van der Waals surface area (Å²) in [5, 5.41) is 17.1. The molecule has 0 saturated heterocycles. The maximum absolute atomic E-state index is 11.7. The van der Waals surface area contributed by atoms with Gasteiger partial charge < -0.3 is 20.7 Å². The first-order valence-electron chi connectivity index (χ1n) is 4.37. The Balaban J connectivity index is 4.04. The molecule has 0 heterocycles. The van der Waals surface area contributed by atoms with Crippen LogP contribution in [0.4, 0.5) is 4.39 Å². The highest BCUT2D eigenvalue weighted by molar-refractivity contribution is 5.76. The molecular weight excluding hydrogens is 208 g/mol. The van der Waals surface area contributed by atoms with Gasteiger partial charge in [-0.15, -0.1) is 0 Å². The average Bonchev–Trinajstić information content (AvgIpc) is 2.15. The van der Waals surface area contributed by atoms with Gasteiger partial charge in [0, 0.05) is 6.42 Å². The fourth-order valence-electron chi connectivity index (χ4n) is 0.852. The number of hydrogen-bond donors (Lipinski definition) is 3. The van der Waals surface area contributed by atoms with E-state index < -0.39 is 30.8 Å². The summed E-state index contributed by atoms with van der Waals surface area (Å²) >= 11 is 0. The fraction of sp³-hybridized carbons (Fsp3) is 0.750. The van der Waals surface area contributed by atoms with E-state index in [2.05, 4.69) is 0 Å². The third-order valence-corrected chi connectivity index (χ3v) is 1.66. The van der Waals surface area contributed by atoms with Crippen molar-refractivity contribution in [3.8, 4) is 0 Å². The summed E-state index contributed by atoms with van der Waals surface area (Å²) in [4.78, 5) is 20.9. The third kappa shape index (κ3) is 5.97. The van der Waals surface area contributed by atoms with Crippen LogP contribution in [0.5, 0.6) is 0 Å². The number of rotatable bonds is 8. The van der Waals surface area contributed by atoms with Crippen molar-refractivity contribution in [3.63, 3.8) is 0 Å². The zero-order valence-electron chi connectivity index (χ0n) is 8.06. The quantitative estimate of drug-likeness (QED) is 0.483. The molecule has 0 fully saturated rings. The Hall–Kier alpha value is -1.21. The molecule has 15 heavy (non-hydrogen) atoms. The minimum atomic E-state index is -1.30. The number of alkyl halides is 1. The molecule has 0 bridgehead atoms. The highest BCUT2D eigenvalue weighted by Gasteiger charge is 2.24. The number of ether oxygens (including phenoxy) is 1. The van der Waals surface area contributed by atoms with Gasteiger partial charge in [-0.05, 0) is 6.42 Å². The van der Waals surface area contributed by atoms with Crippen LogP contribution in [0.15, 0.2) is 0 Å². The Bertz CT molecular complexity index is 223. The van der Waals surface area contributed by atoms with Crippen molar-refractivity contribution in [1.29, 1.82) is 0 Å². The molecule has 0 aromatic carbocycles. The van der Waals surface area contributed by atoms with Crippen LogP contribution >= 0.6 is 0 Å². The van der Waals surface area contributed by atoms with Gasteiger partial charge in [-0.1, -0.05) is 0 Å². The molecular formula is C8H14FNO5. The first-order valence-corrected chi connectivity index (χ1v) is 4.37. The van der Waals surface area contributed by atoms with Crippen molar-refractivity contribution in [2.75, 3.05) is 13.3 Å². The van der Waals surface area contributed by atoms with Crippen LogP contribution in [0.25, 0.3) is 0 Å². The summed E-state index contributed by atoms with van der Waals surface area (Å²) in [6, 6.07) is -1.29. The van der Waals surface area contributed by atoms with Gasteiger partial charge in [-0.3, -0.25) is 9.18 Å². The topological polar surface area (TPSA) is 110 Å². The van der Waals surface area contributed by atoms with Gasteiger partial charge in [0.15, 0.2) is 6.10 Å². The van der Waals surface area contributed by atoms with Gasteiger partial charge in [-0.25, -0.2) is 4.79 Å². The first kappa shape index (κ1) is 13.8. The molecule has 0 aliphatic rings. The zero-order valence-corrected chi connectivity index (χ0v) is 8.06. The molecule has 1 unspecified atom stereocenters. The van der Waals surface area contributed by atoms with E-state index in [1.165, 1.54) is 0 Å². The van der Waals surface area contributed by atoms with Crippen molar-refractivity contribution in [1.82, 2.24) is 0 Å². The number of carboxylic acid groups (broad SMARTS) is 2. The first-order chi connectivity index (χ1) is 6.99. The lowest BCUT2D eigenvalue weighted by molar-refractivity contribution is -0.152. The molecule has 2 atom stereocenters. The van der Waals surface area contributed by atoms with Gasteiger partial charge in [0.2, 0.25) is 0 Å². The Morgan fingerprint density at radius 3 is 2.33 bits per heavy atom. The molecule has 0 saturated carbocycles. The number of hydrogen-bond acceptors (Lipinski definition) is 4. The Kier molecular flexibility index (Phi) is 6.56. The molecule has 0 radical (unpaired) electrons. The molecule has 7 heteroatoms. The van der Waals surface area contributed by atoms with Crippen LogP contribution in [0.3, 0.4) is 0 Å². The van der Waals surface area contributed by atoms with E-state index in [0.29, 0.717) is 0 Å². The summed E-state index contributed by atoms with van der Waals surface area (Å²) in [5.41, 5.74) is 5.14. The van der Waals surface area contributed by atoms with Crippen molar-refractivity contribution < 1.29 is 28.9 Å². The normalized spacial score (nSPS) is 14.5. The van der Waals surface area contributed by atoms with Crippen molar-refractivity contribution in [3.05, 3.63) is 0 Å². The number of carbonyl (C=O) groups is 2. The summed E-state index contributed by atoms with van der Waals surface area (Å²) in [6.07, 6.45) is -1.56. The van der Waals surface area contributed by atoms with Crippen LogP contribution < -0.4 is 5.73 Å². The Labute approximate surface area is 85.8 Å². The lowest BCUT2D eigenvalue weighted by Crippen LogP contribution is -2.38. The molecule has 0 amide bonds. The van der Waals surface area contributed by atoms with E-state index in [1.807, 2.05) is 0 Å². The second-order valence-corrected chi connectivity index (χ2v) is 2.92. The molecule has 88 valence electrons. The van der Waals surface area contributed by atoms with Crippen molar-refractivity contribution in [2.45, 2.75) is 25.0 Å². The summed E-state index contributed by atoms with van der Waals surface area (Å²) in [5.74, 6) is -2.60. The highest BCUT2D eigenvalue weighted by atomic mass is 18.2. The summed E-state index contributed by atoms with van der Waals surface area (Å²) in [7, 11) is 0. The van der Waals surface area contributed by atoms with Gasteiger partial charge in [0.1, 0.15) is 6.04 Å². The average molecular weight is 222 g/mol. The van der Waals surface area contributed by atoms with Gasteiger partial charge in [0.05, 0.1) is 13.3 Å². The third-order valence-electron chi connectivity index (χ3n) is 1.66. The Morgan fingerprint density at radius 2 is 1.93 bits per heavy atom. The predicted molar refractivity (Wildman–Crippen MR) is 48.2 cm³/mol. The van der Waals surface area contributed by atoms with E-state index in [9.17, 15) is 14.0 Å². The van der Waals surface area contributed by atoms with Gasteiger partial charge >= 0.3 is 11.9 Å². The molecule has 0 aliphatic carbocycles. The molecule has 0 rings (SSSR count). The van der Waals surface area contributed by atoms with Crippen molar-refractivity contribution in [2.24, 2.45) is 5.73 Å². The van der Waals surface area contributed by atoms with E-state index >= 15 is 0 Å². The highest BCUT2D eigenvalue weighted by Crippen LogP contribution is 2.03. The van der Waals surface area contributed by atoms with Crippen LogP contribution in [-0.4, -0.2) is 47.6 Å². The van der Waals surface area contributed by atoms with Crippen LogP contribution in [-0.2, 0) is 14.3 Å². The lowest BCUT2D eigenvalue weighted by Gasteiger charge is -2.15. The van der Waals surface area contributed by atoms with Crippen LogP contribution in [0.1, 0.15) is 12.8 Å². The molecule has 6 nitrogen and oxygen atoms in total. The second kappa shape index (κ2) is 7.13. The number of carboxylic acids is 2. The SMILES string of the molecule is NC(C[C@H](OCCC[18F])C(=O)O)C(=O)O. The predicted octanol–water partition coefficient (Wildman–Crippen LogP) is -0.382. The number of aliphatic carboxylic acids is 2. The number of nitrogens with two attached hydrogens (primary N) is 1. The van der Waals surface area contributed by atoms with Crippen LogP contribution in [0.2, 0.25) is 0 Å². The maximum atomic E-state index is 11.7. The molecule has 0 aromatic heterocycles. The largest absolute Gasteiger partial charge is 0.480 e. The molecule has 4 N–H and O–H groups in total. The smallest absolute Gasteiger partial charge is 0.332 e. The van der Waals surface area contributed by atoms with E-state index in [-0.39, 0.29) is 19.4 Å². The summed E-state index contributed by atoms with van der Waals surface area (Å²) in [6.45, 7) is -0.683. The minimum Gasteiger partial charge on any atom is -0.480 e. The fourth-order valence-corrected chi connectivity index (χ4v) is 0.852. The second-order valence-electron chi connectivity index (χ2n) is 2.92. The van der Waals surface area contributed by atoms with Gasteiger partial charge in [0.25, 0.3) is 0 Å². The van der Waals surface area contributed by atoms with Gasteiger partial charge in [-0.2, -0.15) is 0 Å². The zero-order chi connectivity index (χ0) is 11.8. The standard InChI is InChI=1S/C8H14FNO5/c9-2-1-3-15-6(8(13)14)4-5(10)7(11)12/h5-6H,1-4,10H2,(H,11,12)(H,13,14)/t5?,6-/m0/s1/i9-1. The van der Waals surface area contributed by atoms with E-state index in [1.54, 1.807) is 0 Å². The molecule has 0 aromatic rings. The minimum absolute atomic E-state index is 0.0696. The number of halogens is 1. The molecule has 0 aliphatic heterocycles. The Morgan fingerprint density at radius 1 is 1.33 bits per heavy atom. The van der Waals surface area contributed by atoms with E-state index in [4.69, 9.17) is 20.7 Å². The maximum Gasteiger partial charge on any atom is 0.332 e.